The van der Waals surface area contributed by atoms with Crippen molar-refractivity contribution < 1.29 is 23.1 Å². The van der Waals surface area contributed by atoms with Crippen LogP contribution in [-0.2, 0) is 16.0 Å². The maximum absolute atomic E-state index is 12.1. The van der Waals surface area contributed by atoms with Crippen LogP contribution in [0.5, 0.6) is 5.75 Å². The Labute approximate surface area is 140 Å². The van der Waals surface area contributed by atoms with Crippen LogP contribution in [0.2, 0.25) is 0 Å². The summed E-state index contributed by atoms with van der Waals surface area (Å²) in [5.74, 6) is 0.126. The predicted molar refractivity (Wildman–Crippen MR) is 84.8 cm³/mol. The Morgan fingerprint density at radius 1 is 1.25 bits per heavy atom. The quantitative estimate of drug-likeness (QED) is 0.864. The highest BCUT2D eigenvalue weighted by molar-refractivity contribution is 5.79. The van der Waals surface area contributed by atoms with Crippen molar-refractivity contribution in [2.75, 3.05) is 19.6 Å². The fourth-order valence-corrected chi connectivity index (χ4v) is 2.77. The van der Waals surface area contributed by atoms with Crippen molar-refractivity contribution in [3.63, 3.8) is 0 Å². The number of ether oxygens (including phenoxy) is 1. The summed E-state index contributed by atoms with van der Waals surface area (Å²) in [7, 11) is 0. The second kappa shape index (κ2) is 8.61. The highest BCUT2D eigenvalue weighted by Crippen LogP contribution is 2.18. The summed E-state index contributed by atoms with van der Waals surface area (Å²) < 4.78 is 28.4. The second-order valence-corrected chi connectivity index (χ2v) is 5.84. The Morgan fingerprint density at radius 3 is 2.42 bits per heavy atom. The number of piperidine rings is 1. The van der Waals surface area contributed by atoms with Gasteiger partial charge in [0.2, 0.25) is 11.8 Å². The zero-order valence-electron chi connectivity index (χ0n) is 13.6. The maximum Gasteiger partial charge on any atom is 0.387 e. The minimum Gasteiger partial charge on any atom is -0.435 e. The number of likely N-dealkylation sites (tertiary alicyclic amines) is 1. The molecule has 0 aliphatic carbocycles. The molecule has 1 N–H and O–H groups in total. The van der Waals surface area contributed by atoms with E-state index in [1.54, 1.807) is 17.0 Å². The summed E-state index contributed by atoms with van der Waals surface area (Å²) in [6, 6.07) is 6.38. The second-order valence-electron chi connectivity index (χ2n) is 5.84. The molecule has 0 atom stereocenters. The zero-order valence-corrected chi connectivity index (χ0v) is 13.6. The van der Waals surface area contributed by atoms with Crippen molar-refractivity contribution in [1.29, 1.82) is 0 Å². The lowest BCUT2D eigenvalue weighted by atomic mass is 9.96. The Kier molecular flexibility index (Phi) is 6.52. The van der Waals surface area contributed by atoms with Crippen molar-refractivity contribution in [2.24, 2.45) is 5.92 Å². The van der Waals surface area contributed by atoms with Crippen LogP contribution in [0.25, 0.3) is 0 Å². The van der Waals surface area contributed by atoms with Gasteiger partial charge in [-0.05, 0) is 37.0 Å². The van der Waals surface area contributed by atoms with Gasteiger partial charge in [-0.2, -0.15) is 8.78 Å². The molecule has 1 aromatic carbocycles. The Balaban J connectivity index is 1.70. The minimum atomic E-state index is -2.83. The number of hydrogen-bond donors (Lipinski definition) is 1. The van der Waals surface area contributed by atoms with Gasteiger partial charge >= 0.3 is 6.61 Å². The lowest BCUT2D eigenvalue weighted by molar-refractivity contribution is -0.133. The molecule has 0 unspecified atom stereocenters. The van der Waals surface area contributed by atoms with E-state index in [4.69, 9.17) is 0 Å². The van der Waals surface area contributed by atoms with Gasteiger partial charge in [0, 0.05) is 32.5 Å². The lowest BCUT2D eigenvalue weighted by Gasteiger charge is -2.30. The lowest BCUT2D eigenvalue weighted by Crippen LogP contribution is -2.42. The SMILES string of the molecule is CC(=O)N1CCC(C(=O)NCCc2ccc(OC(F)F)cc2)CC1. The number of alkyl halides is 2. The number of nitrogens with zero attached hydrogens (tertiary/aromatic N) is 1. The van der Waals surface area contributed by atoms with E-state index in [1.165, 1.54) is 19.1 Å². The smallest absolute Gasteiger partial charge is 0.387 e. The number of nitrogens with one attached hydrogen (secondary N) is 1. The number of benzene rings is 1. The average molecular weight is 340 g/mol. The van der Waals surface area contributed by atoms with E-state index in [0.717, 1.165) is 5.56 Å². The number of rotatable bonds is 6. The van der Waals surface area contributed by atoms with Crippen LogP contribution >= 0.6 is 0 Å². The summed E-state index contributed by atoms with van der Waals surface area (Å²) in [4.78, 5) is 25.1. The first-order valence-electron chi connectivity index (χ1n) is 8.02. The van der Waals surface area contributed by atoms with Crippen LogP contribution in [0.1, 0.15) is 25.3 Å². The Hall–Kier alpha value is -2.18. The van der Waals surface area contributed by atoms with E-state index < -0.39 is 6.61 Å². The van der Waals surface area contributed by atoms with Gasteiger partial charge in [0.05, 0.1) is 0 Å². The molecule has 1 aliphatic heterocycles. The predicted octanol–water partition coefficient (Wildman–Crippen LogP) is 2.21. The summed E-state index contributed by atoms with van der Waals surface area (Å²) in [6.45, 7) is 0.446. The van der Waals surface area contributed by atoms with Crippen molar-refractivity contribution in [1.82, 2.24) is 10.2 Å². The molecule has 0 spiro atoms. The van der Waals surface area contributed by atoms with Crippen LogP contribution in [0, 0.1) is 5.92 Å². The van der Waals surface area contributed by atoms with Gasteiger partial charge in [-0.15, -0.1) is 0 Å². The number of carbonyl (C=O) groups is 2. The van der Waals surface area contributed by atoms with Crippen LogP contribution in [0.3, 0.4) is 0 Å². The van der Waals surface area contributed by atoms with E-state index in [2.05, 4.69) is 10.1 Å². The third-order valence-electron chi connectivity index (χ3n) is 4.17. The van der Waals surface area contributed by atoms with Gasteiger partial charge in [-0.25, -0.2) is 0 Å². The van der Waals surface area contributed by atoms with Crippen molar-refractivity contribution in [3.05, 3.63) is 29.8 Å². The van der Waals surface area contributed by atoms with Crippen LogP contribution in [0.4, 0.5) is 8.78 Å². The van der Waals surface area contributed by atoms with Gasteiger partial charge in [0.25, 0.3) is 0 Å². The molecular weight excluding hydrogens is 318 g/mol. The summed E-state index contributed by atoms with van der Waals surface area (Å²) >= 11 is 0. The van der Waals surface area contributed by atoms with Crippen LogP contribution in [-0.4, -0.2) is 43.0 Å². The van der Waals surface area contributed by atoms with Crippen molar-refractivity contribution in [3.8, 4) is 5.75 Å². The number of amides is 2. The zero-order chi connectivity index (χ0) is 17.5. The normalized spacial score (nSPS) is 15.4. The molecule has 0 saturated carbocycles. The maximum atomic E-state index is 12.1. The highest BCUT2D eigenvalue weighted by atomic mass is 19.3. The third-order valence-corrected chi connectivity index (χ3v) is 4.17. The molecule has 2 amide bonds. The molecule has 1 aliphatic rings. The highest BCUT2D eigenvalue weighted by Gasteiger charge is 2.25. The van der Waals surface area contributed by atoms with Gasteiger partial charge in [0.1, 0.15) is 5.75 Å². The number of halogens is 2. The van der Waals surface area contributed by atoms with E-state index in [0.29, 0.717) is 38.9 Å². The molecule has 1 heterocycles. The molecule has 132 valence electrons. The average Bonchev–Trinajstić information content (AvgIpc) is 2.56. The van der Waals surface area contributed by atoms with Gasteiger partial charge < -0.3 is 15.0 Å². The Morgan fingerprint density at radius 2 is 1.88 bits per heavy atom. The molecule has 0 radical (unpaired) electrons. The van der Waals surface area contributed by atoms with Crippen LogP contribution < -0.4 is 10.1 Å². The van der Waals surface area contributed by atoms with E-state index in [-0.39, 0.29) is 23.5 Å². The summed E-state index contributed by atoms with van der Waals surface area (Å²) in [5, 5.41) is 2.90. The molecule has 24 heavy (non-hydrogen) atoms. The standard InChI is InChI=1S/C17H22F2N2O3/c1-12(22)21-10-7-14(8-11-21)16(23)20-9-6-13-2-4-15(5-3-13)24-17(18)19/h2-5,14,17H,6-11H2,1H3,(H,20,23). The molecule has 0 aromatic heterocycles. The molecule has 1 fully saturated rings. The molecule has 1 aromatic rings. The first-order chi connectivity index (χ1) is 11.5. The topological polar surface area (TPSA) is 58.6 Å². The number of hydrogen-bond acceptors (Lipinski definition) is 3. The first kappa shape index (κ1) is 18.2. The molecule has 0 bridgehead atoms. The summed E-state index contributed by atoms with van der Waals surface area (Å²) in [6.07, 6.45) is 1.99. The van der Waals surface area contributed by atoms with E-state index >= 15 is 0 Å². The molecule has 1 saturated heterocycles. The third kappa shape index (κ3) is 5.47. The van der Waals surface area contributed by atoms with Gasteiger partial charge in [-0.1, -0.05) is 12.1 Å². The molecule has 5 nitrogen and oxygen atoms in total. The fraction of sp³-hybridized carbons (Fsp3) is 0.529. The summed E-state index contributed by atoms with van der Waals surface area (Å²) in [5.41, 5.74) is 0.934. The van der Waals surface area contributed by atoms with Crippen molar-refractivity contribution in [2.45, 2.75) is 32.8 Å². The first-order valence-corrected chi connectivity index (χ1v) is 8.02. The molecule has 2 rings (SSSR count). The Bertz CT molecular complexity index is 555. The molecular formula is C17H22F2N2O3. The minimum absolute atomic E-state index is 0.0101. The largest absolute Gasteiger partial charge is 0.435 e. The van der Waals surface area contributed by atoms with Crippen molar-refractivity contribution >= 4 is 11.8 Å². The van der Waals surface area contributed by atoms with Crippen LogP contribution in [0.15, 0.2) is 24.3 Å². The van der Waals surface area contributed by atoms with E-state index in [1.807, 2.05) is 0 Å². The molecule has 7 heteroatoms. The van der Waals surface area contributed by atoms with E-state index in [9.17, 15) is 18.4 Å². The monoisotopic (exact) mass is 340 g/mol. The fourth-order valence-electron chi connectivity index (χ4n) is 2.77. The van der Waals surface area contributed by atoms with Gasteiger partial charge in [0.15, 0.2) is 0 Å². The van der Waals surface area contributed by atoms with Gasteiger partial charge in [-0.3, -0.25) is 9.59 Å². The number of carbonyl (C=O) groups excluding carboxylic acids is 2.